The van der Waals surface area contributed by atoms with E-state index < -0.39 is 11.6 Å². The zero-order chi connectivity index (χ0) is 21.8. The molecule has 1 amide bonds. The second-order valence-electron chi connectivity index (χ2n) is 7.31. The molecule has 0 bridgehead atoms. The van der Waals surface area contributed by atoms with Crippen LogP contribution in [0.5, 0.6) is 11.6 Å². The van der Waals surface area contributed by atoms with Crippen LogP contribution in [0.1, 0.15) is 11.4 Å². The number of benzene rings is 2. The Kier molecular flexibility index (Phi) is 6.06. The lowest BCUT2D eigenvalue weighted by Crippen LogP contribution is -2.49. The number of amides is 1. The molecule has 2 heterocycles. The van der Waals surface area contributed by atoms with Crippen molar-refractivity contribution in [3.63, 3.8) is 0 Å². The fourth-order valence-corrected chi connectivity index (χ4v) is 3.47. The molecule has 160 valence electrons. The summed E-state index contributed by atoms with van der Waals surface area (Å²) >= 11 is 0. The van der Waals surface area contributed by atoms with Gasteiger partial charge in [-0.25, -0.2) is 13.8 Å². The maximum Gasteiger partial charge on any atom is 0.227 e. The third-order valence-electron chi connectivity index (χ3n) is 5.08. The van der Waals surface area contributed by atoms with Crippen LogP contribution < -0.4 is 9.64 Å². The van der Waals surface area contributed by atoms with Crippen molar-refractivity contribution < 1.29 is 18.3 Å². The maximum atomic E-state index is 13.8. The lowest BCUT2D eigenvalue weighted by Gasteiger charge is -2.35. The van der Waals surface area contributed by atoms with Gasteiger partial charge in [0.15, 0.2) is 0 Å². The van der Waals surface area contributed by atoms with Crippen LogP contribution in [0.25, 0.3) is 0 Å². The van der Waals surface area contributed by atoms with Gasteiger partial charge in [-0.2, -0.15) is 4.98 Å². The standard InChI is InChI=1S/C23H22F2N4O2/c1-16-26-21(15-22(27-16)31-19-5-3-2-4-6-19)28-9-11-29(12-10-28)23(30)13-17-7-8-18(24)14-20(17)25/h2-8,14-15H,9-13H2,1H3. The predicted octanol–water partition coefficient (Wildman–Crippen LogP) is 3.75. The summed E-state index contributed by atoms with van der Waals surface area (Å²) in [6.07, 6.45) is -0.0895. The highest BCUT2D eigenvalue weighted by Gasteiger charge is 2.23. The van der Waals surface area contributed by atoms with Crippen molar-refractivity contribution in [1.29, 1.82) is 0 Å². The molecule has 1 aliphatic heterocycles. The summed E-state index contributed by atoms with van der Waals surface area (Å²) in [7, 11) is 0. The van der Waals surface area contributed by atoms with Crippen LogP contribution >= 0.6 is 0 Å². The average molecular weight is 424 g/mol. The number of aryl methyl sites for hydroxylation is 1. The van der Waals surface area contributed by atoms with Gasteiger partial charge < -0.3 is 14.5 Å². The molecular weight excluding hydrogens is 402 g/mol. The summed E-state index contributed by atoms with van der Waals surface area (Å²) in [6.45, 7) is 3.94. The van der Waals surface area contributed by atoms with E-state index in [0.717, 1.165) is 18.0 Å². The Morgan fingerprint density at radius 2 is 1.74 bits per heavy atom. The number of rotatable bonds is 5. The minimum Gasteiger partial charge on any atom is -0.439 e. The van der Waals surface area contributed by atoms with Crippen molar-refractivity contribution >= 4 is 11.7 Å². The Hall–Kier alpha value is -3.55. The van der Waals surface area contributed by atoms with Crippen molar-refractivity contribution in [3.05, 3.63) is 77.6 Å². The number of hydrogen-bond acceptors (Lipinski definition) is 5. The second-order valence-corrected chi connectivity index (χ2v) is 7.31. The van der Waals surface area contributed by atoms with Gasteiger partial charge in [-0.15, -0.1) is 0 Å². The summed E-state index contributed by atoms with van der Waals surface area (Å²) in [5.74, 6) is 0.933. The smallest absolute Gasteiger partial charge is 0.227 e. The molecule has 0 spiro atoms. The molecule has 0 radical (unpaired) electrons. The summed E-state index contributed by atoms with van der Waals surface area (Å²) in [4.78, 5) is 25.2. The lowest BCUT2D eigenvalue weighted by atomic mass is 10.1. The van der Waals surface area contributed by atoms with E-state index in [9.17, 15) is 13.6 Å². The summed E-state index contributed by atoms with van der Waals surface area (Å²) in [6, 6.07) is 14.5. The van der Waals surface area contributed by atoms with Gasteiger partial charge in [0, 0.05) is 38.3 Å². The van der Waals surface area contributed by atoms with E-state index in [1.807, 2.05) is 30.3 Å². The van der Waals surface area contributed by atoms with Crippen LogP contribution in [-0.2, 0) is 11.2 Å². The quantitative estimate of drug-likeness (QED) is 0.625. The minimum atomic E-state index is -0.700. The number of para-hydroxylation sites is 1. The first-order valence-electron chi connectivity index (χ1n) is 10.0. The summed E-state index contributed by atoms with van der Waals surface area (Å²) in [5, 5.41) is 0. The molecule has 0 atom stereocenters. The monoisotopic (exact) mass is 424 g/mol. The Morgan fingerprint density at radius 3 is 2.45 bits per heavy atom. The normalized spacial score (nSPS) is 13.9. The highest BCUT2D eigenvalue weighted by atomic mass is 19.1. The number of aromatic nitrogens is 2. The van der Waals surface area contributed by atoms with Gasteiger partial charge in [-0.05, 0) is 30.7 Å². The lowest BCUT2D eigenvalue weighted by molar-refractivity contribution is -0.130. The number of hydrogen-bond donors (Lipinski definition) is 0. The Bertz CT molecular complexity index is 1070. The van der Waals surface area contributed by atoms with Crippen molar-refractivity contribution in [2.45, 2.75) is 13.3 Å². The van der Waals surface area contributed by atoms with E-state index >= 15 is 0 Å². The first-order chi connectivity index (χ1) is 15.0. The van der Waals surface area contributed by atoms with Crippen molar-refractivity contribution in [2.24, 2.45) is 0 Å². The average Bonchev–Trinajstić information content (AvgIpc) is 2.76. The number of carbonyl (C=O) groups excluding carboxylic acids is 1. The first-order valence-corrected chi connectivity index (χ1v) is 10.0. The van der Waals surface area contributed by atoms with E-state index in [1.165, 1.54) is 6.07 Å². The van der Waals surface area contributed by atoms with Gasteiger partial charge >= 0.3 is 0 Å². The van der Waals surface area contributed by atoms with Gasteiger partial charge in [0.05, 0.1) is 6.42 Å². The van der Waals surface area contributed by atoms with E-state index in [4.69, 9.17) is 4.74 Å². The van der Waals surface area contributed by atoms with Crippen LogP contribution in [0.3, 0.4) is 0 Å². The molecule has 3 aromatic rings. The summed E-state index contributed by atoms with van der Waals surface area (Å²) < 4.78 is 32.7. The van der Waals surface area contributed by atoms with Gasteiger partial charge in [0.2, 0.25) is 11.8 Å². The third kappa shape index (κ3) is 5.14. The molecular formula is C23H22F2N4O2. The molecule has 31 heavy (non-hydrogen) atoms. The van der Waals surface area contributed by atoms with Crippen LogP contribution in [0.4, 0.5) is 14.6 Å². The predicted molar refractivity (Wildman–Crippen MR) is 112 cm³/mol. The number of nitrogens with zero attached hydrogens (tertiary/aromatic N) is 4. The first kappa shape index (κ1) is 20.7. The molecule has 4 rings (SSSR count). The fraction of sp³-hybridized carbons (Fsp3) is 0.261. The minimum absolute atomic E-state index is 0.0895. The number of halogens is 2. The number of anilines is 1. The number of ether oxygens (including phenoxy) is 1. The molecule has 1 aliphatic rings. The van der Waals surface area contributed by atoms with Crippen LogP contribution in [0, 0.1) is 18.6 Å². The number of piperazine rings is 1. The molecule has 0 N–H and O–H groups in total. The second kappa shape index (κ2) is 9.07. The molecule has 8 heteroatoms. The third-order valence-corrected chi connectivity index (χ3v) is 5.08. The van der Waals surface area contributed by atoms with Crippen LogP contribution in [-0.4, -0.2) is 47.0 Å². The maximum absolute atomic E-state index is 13.8. The van der Waals surface area contributed by atoms with Crippen LogP contribution in [0.15, 0.2) is 54.6 Å². The van der Waals surface area contributed by atoms with E-state index in [2.05, 4.69) is 14.9 Å². The molecule has 0 aliphatic carbocycles. The van der Waals surface area contributed by atoms with E-state index in [0.29, 0.717) is 43.6 Å². The van der Waals surface area contributed by atoms with Gasteiger partial charge in [0.25, 0.3) is 0 Å². The zero-order valence-electron chi connectivity index (χ0n) is 17.1. The van der Waals surface area contributed by atoms with E-state index in [-0.39, 0.29) is 17.9 Å². The molecule has 1 aromatic heterocycles. The van der Waals surface area contributed by atoms with Gasteiger partial charge in [-0.1, -0.05) is 24.3 Å². The summed E-state index contributed by atoms with van der Waals surface area (Å²) in [5.41, 5.74) is 0.197. The van der Waals surface area contributed by atoms with Gasteiger partial charge in [-0.3, -0.25) is 4.79 Å². The largest absolute Gasteiger partial charge is 0.439 e. The van der Waals surface area contributed by atoms with Crippen molar-refractivity contribution in [1.82, 2.24) is 14.9 Å². The fourth-order valence-electron chi connectivity index (χ4n) is 3.47. The highest BCUT2D eigenvalue weighted by molar-refractivity contribution is 5.79. The Balaban J connectivity index is 1.38. The molecule has 1 saturated heterocycles. The Morgan fingerprint density at radius 1 is 1.00 bits per heavy atom. The molecule has 0 saturated carbocycles. The zero-order valence-corrected chi connectivity index (χ0v) is 17.1. The number of carbonyl (C=O) groups is 1. The van der Waals surface area contributed by atoms with E-state index in [1.54, 1.807) is 17.9 Å². The Labute approximate surface area is 179 Å². The molecule has 0 unspecified atom stereocenters. The van der Waals surface area contributed by atoms with Gasteiger partial charge in [0.1, 0.15) is 29.0 Å². The van der Waals surface area contributed by atoms with Crippen molar-refractivity contribution in [2.75, 3.05) is 31.1 Å². The topological polar surface area (TPSA) is 58.6 Å². The highest BCUT2D eigenvalue weighted by Crippen LogP contribution is 2.24. The van der Waals surface area contributed by atoms with Crippen LogP contribution in [0.2, 0.25) is 0 Å². The SMILES string of the molecule is Cc1nc(Oc2ccccc2)cc(N2CCN(C(=O)Cc3ccc(F)cc3F)CC2)n1. The molecule has 2 aromatic carbocycles. The molecule has 1 fully saturated rings. The molecule has 6 nitrogen and oxygen atoms in total. The van der Waals surface area contributed by atoms with Crippen molar-refractivity contribution in [3.8, 4) is 11.6 Å².